The van der Waals surface area contributed by atoms with Crippen molar-refractivity contribution >= 4 is 35.3 Å². The van der Waals surface area contributed by atoms with Gasteiger partial charge in [0.15, 0.2) is 5.71 Å². The number of carboxylic acids is 1. The molecule has 0 radical (unpaired) electrons. The first kappa shape index (κ1) is 20.4. The van der Waals surface area contributed by atoms with Gasteiger partial charge in [-0.1, -0.05) is 28.9 Å². The molecule has 1 aromatic carbocycles. The molecule has 0 aromatic heterocycles. The van der Waals surface area contributed by atoms with Crippen molar-refractivity contribution in [3.63, 3.8) is 0 Å². The molecule has 0 aliphatic heterocycles. The minimum absolute atomic E-state index is 0.0146. The maximum Gasteiger partial charge on any atom is 0.433 e. The van der Waals surface area contributed by atoms with Crippen molar-refractivity contribution in [3.8, 4) is 0 Å². The lowest BCUT2D eigenvalue weighted by atomic mass is 9.96. The van der Waals surface area contributed by atoms with Gasteiger partial charge in [-0.2, -0.15) is 0 Å². The molecule has 0 saturated heterocycles. The van der Waals surface area contributed by atoms with E-state index in [1.165, 1.54) is 6.92 Å². The van der Waals surface area contributed by atoms with E-state index in [9.17, 15) is 14.4 Å². The van der Waals surface area contributed by atoms with Gasteiger partial charge in [0.1, 0.15) is 0 Å². The van der Waals surface area contributed by atoms with Crippen LogP contribution in [0.1, 0.15) is 31.7 Å². The second kappa shape index (κ2) is 10.3. The molecule has 8 nitrogen and oxygen atoms in total. The third-order valence-electron chi connectivity index (χ3n) is 3.09. The number of carbonyl (C=O) groups is 3. The van der Waals surface area contributed by atoms with Gasteiger partial charge < -0.3 is 15.2 Å². The van der Waals surface area contributed by atoms with E-state index in [2.05, 4.69) is 20.0 Å². The Balaban J connectivity index is 2.62. The van der Waals surface area contributed by atoms with Crippen LogP contribution in [0.3, 0.4) is 0 Å². The second-order valence-electron chi connectivity index (χ2n) is 5.00. The molecule has 0 fully saturated rings. The minimum atomic E-state index is -1.01. The highest BCUT2D eigenvalue weighted by molar-refractivity contribution is 6.35. The van der Waals surface area contributed by atoms with Crippen LogP contribution in [-0.4, -0.2) is 42.0 Å². The maximum atomic E-state index is 11.6. The first-order valence-electron chi connectivity index (χ1n) is 7.47. The molecule has 0 heterocycles. The number of aliphatic carboxylic acids is 1. The summed E-state index contributed by atoms with van der Waals surface area (Å²) < 4.78 is 4.69. The summed E-state index contributed by atoms with van der Waals surface area (Å²) in [6.07, 6.45) is -1.10. The highest BCUT2D eigenvalue weighted by Crippen LogP contribution is 2.21. The fourth-order valence-corrected chi connectivity index (χ4v) is 2.00. The third kappa shape index (κ3) is 7.67. The predicted molar refractivity (Wildman–Crippen MR) is 90.7 cm³/mol. The van der Waals surface area contributed by atoms with Crippen LogP contribution in [0.25, 0.3) is 0 Å². The summed E-state index contributed by atoms with van der Waals surface area (Å²) in [6, 6.07) is 6.64. The Morgan fingerprint density at radius 2 is 1.92 bits per heavy atom. The normalized spacial score (nSPS) is 12.2. The Morgan fingerprint density at radius 3 is 2.48 bits per heavy atom. The van der Waals surface area contributed by atoms with Crippen molar-refractivity contribution < 1.29 is 29.1 Å². The van der Waals surface area contributed by atoms with Gasteiger partial charge in [0.05, 0.1) is 13.0 Å². The van der Waals surface area contributed by atoms with Crippen molar-refractivity contribution in [2.24, 2.45) is 5.16 Å². The summed E-state index contributed by atoms with van der Waals surface area (Å²) in [5.41, 5.74) is 0.593. The molecular weight excluding hydrogens is 352 g/mol. The van der Waals surface area contributed by atoms with E-state index in [0.717, 1.165) is 0 Å². The third-order valence-corrected chi connectivity index (χ3v) is 3.34. The van der Waals surface area contributed by atoms with Crippen LogP contribution in [0.4, 0.5) is 4.79 Å². The topological polar surface area (TPSA) is 114 Å². The number of carboxylic acid groups (broad SMARTS) is 1. The minimum Gasteiger partial charge on any atom is -0.481 e. The molecule has 136 valence electrons. The Labute approximate surface area is 149 Å². The number of carbonyl (C=O) groups excluding carboxylic acids is 2. The summed E-state index contributed by atoms with van der Waals surface area (Å²) in [6.45, 7) is 3.17. The molecule has 1 amide bonds. The monoisotopic (exact) mass is 370 g/mol. The van der Waals surface area contributed by atoms with Crippen molar-refractivity contribution in [1.82, 2.24) is 5.32 Å². The Bertz CT molecular complexity index is 645. The summed E-state index contributed by atoms with van der Waals surface area (Å²) in [4.78, 5) is 38.5. The van der Waals surface area contributed by atoms with Crippen LogP contribution >= 0.6 is 11.6 Å². The van der Waals surface area contributed by atoms with Crippen LogP contribution < -0.4 is 5.32 Å². The standard InChI is InChI=1S/C16H19ClN2O6/c1-3-24-15(22)10(2)19-25-16(23)18-9-12(8-14(20)21)11-4-6-13(17)7-5-11/h4-7,12H,3,8-9H2,1-2H3,(H,18,23)(H,20,21). The Morgan fingerprint density at radius 1 is 1.28 bits per heavy atom. The molecule has 0 bridgehead atoms. The largest absolute Gasteiger partial charge is 0.481 e. The molecule has 0 aliphatic carbocycles. The summed E-state index contributed by atoms with van der Waals surface area (Å²) >= 11 is 5.81. The average molecular weight is 371 g/mol. The van der Waals surface area contributed by atoms with E-state index >= 15 is 0 Å². The zero-order valence-corrected chi connectivity index (χ0v) is 14.6. The van der Waals surface area contributed by atoms with Gasteiger partial charge in [-0.3, -0.25) is 9.63 Å². The lowest BCUT2D eigenvalue weighted by Crippen LogP contribution is -2.29. The maximum absolute atomic E-state index is 11.6. The number of esters is 1. The molecule has 2 N–H and O–H groups in total. The van der Waals surface area contributed by atoms with Crippen LogP contribution in [0, 0.1) is 0 Å². The van der Waals surface area contributed by atoms with E-state index in [0.29, 0.717) is 10.6 Å². The molecule has 1 aromatic rings. The van der Waals surface area contributed by atoms with E-state index in [4.69, 9.17) is 16.7 Å². The molecule has 0 spiro atoms. The molecule has 1 unspecified atom stereocenters. The fourth-order valence-electron chi connectivity index (χ4n) is 1.88. The lowest BCUT2D eigenvalue weighted by molar-refractivity contribution is -0.137. The highest BCUT2D eigenvalue weighted by Gasteiger charge is 2.17. The number of hydrogen-bond donors (Lipinski definition) is 2. The summed E-state index contributed by atoms with van der Waals surface area (Å²) in [5.74, 6) is -2.18. The highest BCUT2D eigenvalue weighted by atomic mass is 35.5. The number of amides is 1. The zero-order valence-electron chi connectivity index (χ0n) is 13.8. The lowest BCUT2D eigenvalue weighted by Gasteiger charge is -2.15. The van der Waals surface area contributed by atoms with Crippen LogP contribution in [0.5, 0.6) is 0 Å². The first-order valence-corrected chi connectivity index (χ1v) is 7.85. The molecule has 1 atom stereocenters. The zero-order chi connectivity index (χ0) is 18.8. The molecular formula is C16H19ClN2O6. The van der Waals surface area contributed by atoms with E-state index in [1.54, 1.807) is 31.2 Å². The fraction of sp³-hybridized carbons (Fsp3) is 0.375. The van der Waals surface area contributed by atoms with Crippen molar-refractivity contribution in [3.05, 3.63) is 34.9 Å². The number of hydrogen-bond acceptors (Lipinski definition) is 6. The van der Waals surface area contributed by atoms with Crippen LogP contribution in [0.2, 0.25) is 5.02 Å². The molecule has 1 rings (SSSR count). The van der Waals surface area contributed by atoms with E-state index in [1.807, 2.05) is 0 Å². The quantitative estimate of drug-likeness (QED) is 0.314. The number of ether oxygens (including phenoxy) is 1. The molecule has 25 heavy (non-hydrogen) atoms. The second-order valence-corrected chi connectivity index (χ2v) is 5.44. The molecule has 9 heteroatoms. The van der Waals surface area contributed by atoms with Gasteiger partial charge in [-0.25, -0.2) is 9.59 Å². The first-order chi connectivity index (χ1) is 11.8. The molecule has 0 aliphatic rings. The number of rotatable bonds is 8. The average Bonchev–Trinajstić information content (AvgIpc) is 2.57. The van der Waals surface area contributed by atoms with Crippen molar-refractivity contribution in [2.45, 2.75) is 26.2 Å². The number of benzene rings is 1. The van der Waals surface area contributed by atoms with E-state index < -0.39 is 23.9 Å². The van der Waals surface area contributed by atoms with Gasteiger partial charge in [-0.15, -0.1) is 0 Å². The molecule has 0 saturated carbocycles. The Hall–Kier alpha value is -2.61. The summed E-state index contributed by atoms with van der Waals surface area (Å²) in [7, 11) is 0. The number of nitrogens with one attached hydrogen (secondary N) is 1. The van der Waals surface area contributed by atoms with Gasteiger partial charge in [-0.05, 0) is 31.5 Å². The summed E-state index contributed by atoms with van der Waals surface area (Å²) in [5, 5.41) is 15.3. The van der Waals surface area contributed by atoms with Gasteiger partial charge in [0, 0.05) is 17.5 Å². The van der Waals surface area contributed by atoms with Gasteiger partial charge >= 0.3 is 18.0 Å². The Kier molecular flexibility index (Phi) is 8.42. The van der Waals surface area contributed by atoms with E-state index in [-0.39, 0.29) is 25.3 Å². The number of oxime groups is 1. The van der Waals surface area contributed by atoms with Gasteiger partial charge in [0.25, 0.3) is 0 Å². The van der Waals surface area contributed by atoms with Crippen LogP contribution in [0.15, 0.2) is 29.4 Å². The number of nitrogens with zero attached hydrogens (tertiary/aromatic N) is 1. The smallest absolute Gasteiger partial charge is 0.433 e. The van der Waals surface area contributed by atoms with Crippen molar-refractivity contribution in [1.29, 1.82) is 0 Å². The predicted octanol–water partition coefficient (Wildman–Crippen LogP) is 2.56. The SMILES string of the molecule is CCOC(=O)C(C)=NOC(=O)NCC(CC(=O)O)c1ccc(Cl)cc1. The van der Waals surface area contributed by atoms with Gasteiger partial charge in [0.2, 0.25) is 0 Å². The number of halogens is 1. The van der Waals surface area contributed by atoms with Crippen molar-refractivity contribution in [2.75, 3.05) is 13.2 Å². The van der Waals surface area contributed by atoms with Crippen LogP contribution in [-0.2, 0) is 19.2 Å².